The van der Waals surface area contributed by atoms with E-state index in [0.29, 0.717) is 23.7 Å². The van der Waals surface area contributed by atoms with Gasteiger partial charge in [0.05, 0.1) is 25.3 Å². The number of hydrogen-bond donors (Lipinski definition) is 1. The molecule has 6 heteroatoms. The molecule has 0 radical (unpaired) electrons. The summed E-state index contributed by atoms with van der Waals surface area (Å²) in [6, 6.07) is 5.08. The smallest absolute Gasteiger partial charge is 0.311 e. The maximum absolute atomic E-state index is 12.1. The van der Waals surface area contributed by atoms with Crippen LogP contribution in [0, 0.1) is 5.92 Å². The molecule has 0 spiro atoms. The number of hydrogen-bond acceptors (Lipinski definition) is 5. The SMILES string of the molecule is CCOC(=O)[C@@H]1CC(=O)N(c2cc(N)ccc2OC)C1. The van der Waals surface area contributed by atoms with Gasteiger partial charge in [-0.15, -0.1) is 0 Å². The second kappa shape index (κ2) is 5.81. The maximum Gasteiger partial charge on any atom is 0.311 e. The lowest BCUT2D eigenvalue weighted by Crippen LogP contribution is -2.27. The molecule has 1 saturated heterocycles. The second-order valence-electron chi connectivity index (χ2n) is 4.59. The molecule has 20 heavy (non-hydrogen) atoms. The molecular formula is C14H18N2O4. The van der Waals surface area contributed by atoms with Gasteiger partial charge in [0.25, 0.3) is 0 Å². The van der Waals surface area contributed by atoms with Crippen molar-refractivity contribution in [3.63, 3.8) is 0 Å². The van der Waals surface area contributed by atoms with Crippen LogP contribution in [0.25, 0.3) is 0 Å². The van der Waals surface area contributed by atoms with Crippen molar-refractivity contribution in [2.75, 3.05) is 30.9 Å². The fourth-order valence-corrected chi connectivity index (χ4v) is 2.28. The molecule has 2 rings (SSSR count). The van der Waals surface area contributed by atoms with E-state index in [9.17, 15) is 9.59 Å². The van der Waals surface area contributed by atoms with E-state index in [-0.39, 0.29) is 24.8 Å². The van der Waals surface area contributed by atoms with Crippen molar-refractivity contribution in [1.82, 2.24) is 0 Å². The van der Waals surface area contributed by atoms with E-state index in [4.69, 9.17) is 15.2 Å². The zero-order valence-electron chi connectivity index (χ0n) is 11.6. The van der Waals surface area contributed by atoms with Gasteiger partial charge in [-0.2, -0.15) is 0 Å². The highest BCUT2D eigenvalue weighted by Crippen LogP contribution is 2.34. The molecule has 1 atom stereocenters. The van der Waals surface area contributed by atoms with Gasteiger partial charge in [0, 0.05) is 18.7 Å². The van der Waals surface area contributed by atoms with Gasteiger partial charge in [0.2, 0.25) is 5.91 Å². The number of carbonyl (C=O) groups excluding carboxylic acids is 2. The van der Waals surface area contributed by atoms with Gasteiger partial charge in [0.15, 0.2) is 0 Å². The first kappa shape index (κ1) is 14.2. The van der Waals surface area contributed by atoms with Crippen molar-refractivity contribution in [1.29, 1.82) is 0 Å². The van der Waals surface area contributed by atoms with E-state index >= 15 is 0 Å². The highest BCUT2D eigenvalue weighted by Gasteiger charge is 2.37. The molecule has 2 N–H and O–H groups in total. The van der Waals surface area contributed by atoms with Crippen molar-refractivity contribution in [3.05, 3.63) is 18.2 Å². The van der Waals surface area contributed by atoms with E-state index in [2.05, 4.69) is 0 Å². The molecule has 0 saturated carbocycles. The molecule has 0 bridgehead atoms. The number of anilines is 2. The van der Waals surface area contributed by atoms with Crippen LogP contribution in [0.2, 0.25) is 0 Å². The lowest BCUT2D eigenvalue weighted by molar-refractivity contribution is -0.147. The zero-order chi connectivity index (χ0) is 14.7. The molecule has 1 aliphatic rings. The molecule has 1 heterocycles. The van der Waals surface area contributed by atoms with E-state index < -0.39 is 5.92 Å². The molecule has 0 unspecified atom stereocenters. The number of amides is 1. The zero-order valence-corrected chi connectivity index (χ0v) is 11.6. The van der Waals surface area contributed by atoms with Gasteiger partial charge in [-0.1, -0.05) is 0 Å². The Bertz CT molecular complexity index is 530. The molecule has 0 aromatic heterocycles. The average Bonchev–Trinajstić information content (AvgIpc) is 2.81. The van der Waals surface area contributed by atoms with E-state index in [1.807, 2.05) is 0 Å². The van der Waals surface area contributed by atoms with Crippen LogP contribution in [0.1, 0.15) is 13.3 Å². The number of ether oxygens (including phenoxy) is 2. The molecule has 108 valence electrons. The molecular weight excluding hydrogens is 260 g/mol. The van der Waals surface area contributed by atoms with Crippen molar-refractivity contribution in [3.8, 4) is 5.75 Å². The molecule has 1 fully saturated rings. The maximum atomic E-state index is 12.1. The summed E-state index contributed by atoms with van der Waals surface area (Å²) >= 11 is 0. The first-order chi connectivity index (χ1) is 9.56. The van der Waals surface area contributed by atoms with Crippen molar-refractivity contribution < 1.29 is 19.1 Å². The Balaban J connectivity index is 2.24. The summed E-state index contributed by atoms with van der Waals surface area (Å²) in [5.74, 6) is -0.358. The highest BCUT2D eigenvalue weighted by molar-refractivity contribution is 6.00. The van der Waals surface area contributed by atoms with Crippen LogP contribution >= 0.6 is 0 Å². The van der Waals surface area contributed by atoms with Gasteiger partial charge >= 0.3 is 5.97 Å². The minimum Gasteiger partial charge on any atom is -0.495 e. The number of nitrogens with two attached hydrogens (primary N) is 1. The molecule has 1 aromatic rings. The minimum atomic E-state index is -0.436. The summed E-state index contributed by atoms with van der Waals surface area (Å²) < 4.78 is 10.2. The molecule has 0 aliphatic carbocycles. The largest absolute Gasteiger partial charge is 0.495 e. The Kier molecular flexibility index (Phi) is 4.12. The van der Waals surface area contributed by atoms with Gasteiger partial charge in [-0.05, 0) is 25.1 Å². The Morgan fingerprint density at radius 1 is 1.50 bits per heavy atom. The predicted octanol–water partition coefficient (Wildman–Crippen LogP) is 1.19. The fourth-order valence-electron chi connectivity index (χ4n) is 2.28. The highest BCUT2D eigenvalue weighted by atomic mass is 16.5. The van der Waals surface area contributed by atoms with E-state index in [1.54, 1.807) is 25.1 Å². The van der Waals surface area contributed by atoms with Gasteiger partial charge in [0.1, 0.15) is 5.75 Å². The summed E-state index contributed by atoms with van der Waals surface area (Å²) in [5, 5.41) is 0. The van der Waals surface area contributed by atoms with Crippen LogP contribution in [-0.4, -0.2) is 32.1 Å². The number of nitrogens with zero attached hydrogens (tertiary/aromatic N) is 1. The van der Waals surface area contributed by atoms with Crippen LogP contribution in [0.5, 0.6) is 5.75 Å². The number of rotatable bonds is 4. The normalized spacial score (nSPS) is 18.2. The van der Waals surface area contributed by atoms with Gasteiger partial charge in [-0.3, -0.25) is 9.59 Å². The number of methoxy groups -OCH3 is 1. The Morgan fingerprint density at radius 2 is 2.25 bits per heavy atom. The molecule has 1 aromatic carbocycles. The molecule has 6 nitrogen and oxygen atoms in total. The number of nitrogen functional groups attached to an aromatic ring is 1. The predicted molar refractivity (Wildman–Crippen MR) is 74.5 cm³/mol. The Morgan fingerprint density at radius 3 is 2.90 bits per heavy atom. The van der Waals surface area contributed by atoms with Crippen LogP contribution in [0.15, 0.2) is 18.2 Å². The fraction of sp³-hybridized carbons (Fsp3) is 0.429. The average molecular weight is 278 g/mol. The Labute approximate surface area is 117 Å². The molecule has 1 amide bonds. The summed E-state index contributed by atoms with van der Waals surface area (Å²) in [6.45, 7) is 2.34. The van der Waals surface area contributed by atoms with Crippen molar-refractivity contribution in [2.45, 2.75) is 13.3 Å². The monoisotopic (exact) mass is 278 g/mol. The van der Waals surface area contributed by atoms with E-state index in [0.717, 1.165) is 0 Å². The number of benzene rings is 1. The number of carbonyl (C=O) groups is 2. The lowest BCUT2D eigenvalue weighted by atomic mass is 10.1. The van der Waals surface area contributed by atoms with Crippen LogP contribution < -0.4 is 15.4 Å². The van der Waals surface area contributed by atoms with Crippen molar-refractivity contribution in [2.24, 2.45) is 5.92 Å². The third-order valence-electron chi connectivity index (χ3n) is 3.24. The van der Waals surface area contributed by atoms with Crippen molar-refractivity contribution >= 4 is 23.3 Å². The van der Waals surface area contributed by atoms with E-state index in [1.165, 1.54) is 12.0 Å². The number of esters is 1. The summed E-state index contributed by atoms with van der Waals surface area (Å²) in [5.41, 5.74) is 6.87. The topological polar surface area (TPSA) is 81.9 Å². The second-order valence-corrected chi connectivity index (χ2v) is 4.59. The van der Waals surface area contributed by atoms with Gasteiger partial charge < -0.3 is 20.1 Å². The van der Waals surface area contributed by atoms with Crippen LogP contribution in [-0.2, 0) is 14.3 Å². The van der Waals surface area contributed by atoms with Crippen LogP contribution in [0.3, 0.4) is 0 Å². The lowest BCUT2D eigenvalue weighted by Gasteiger charge is -2.19. The van der Waals surface area contributed by atoms with Crippen LogP contribution in [0.4, 0.5) is 11.4 Å². The summed E-state index contributed by atoms with van der Waals surface area (Å²) in [4.78, 5) is 25.4. The third-order valence-corrected chi connectivity index (χ3v) is 3.24. The third kappa shape index (κ3) is 2.68. The molecule has 1 aliphatic heterocycles. The van der Waals surface area contributed by atoms with Gasteiger partial charge in [-0.25, -0.2) is 0 Å². The first-order valence-electron chi connectivity index (χ1n) is 6.47. The summed E-state index contributed by atoms with van der Waals surface area (Å²) in [7, 11) is 1.53. The first-order valence-corrected chi connectivity index (χ1v) is 6.47. The quantitative estimate of drug-likeness (QED) is 0.661. The Hall–Kier alpha value is -2.24. The summed E-state index contributed by atoms with van der Waals surface area (Å²) in [6.07, 6.45) is 0.150. The standard InChI is InChI=1S/C14H18N2O4/c1-3-20-14(18)9-6-13(17)16(8-9)11-7-10(15)4-5-12(11)19-2/h4-5,7,9H,3,6,8,15H2,1-2H3/t9-/m1/s1. The minimum absolute atomic E-state index is 0.132.